The zero-order chi connectivity index (χ0) is 12.6. The van der Waals surface area contributed by atoms with Gasteiger partial charge < -0.3 is 15.2 Å². The first-order valence-corrected chi connectivity index (χ1v) is 6.25. The van der Waals surface area contributed by atoms with Crippen molar-refractivity contribution in [3.8, 4) is 0 Å². The van der Waals surface area contributed by atoms with Crippen LogP contribution in [0.3, 0.4) is 0 Å². The van der Waals surface area contributed by atoms with Gasteiger partial charge in [0.1, 0.15) is 5.69 Å². The van der Waals surface area contributed by atoms with E-state index in [2.05, 4.69) is 13.8 Å². The van der Waals surface area contributed by atoms with Crippen molar-refractivity contribution in [1.82, 2.24) is 9.47 Å². The highest BCUT2D eigenvalue weighted by Crippen LogP contribution is 2.25. The van der Waals surface area contributed by atoms with E-state index in [1.807, 2.05) is 16.5 Å². The van der Waals surface area contributed by atoms with Gasteiger partial charge in [-0.25, -0.2) is 0 Å². The van der Waals surface area contributed by atoms with E-state index in [4.69, 9.17) is 5.73 Å². The van der Waals surface area contributed by atoms with E-state index < -0.39 is 0 Å². The van der Waals surface area contributed by atoms with Crippen molar-refractivity contribution in [2.24, 2.45) is 7.05 Å². The molecule has 1 saturated heterocycles. The number of amides is 1. The van der Waals surface area contributed by atoms with E-state index in [1.54, 1.807) is 12.3 Å². The zero-order valence-corrected chi connectivity index (χ0v) is 10.8. The first kappa shape index (κ1) is 12.0. The van der Waals surface area contributed by atoms with Gasteiger partial charge in [0.05, 0.1) is 5.69 Å². The molecule has 1 aromatic rings. The van der Waals surface area contributed by atoms with Crippen molar-refractivity contribution in [2.45, 2.75) is 45.2 Å². The molecular formula is C13H21N3O. The number of hydrogen-bond acceptors (Lipinski definition) is 2. The fraction of sp³-hybridized carbons (Fsp3) is 0.615. The predicted octanol–water partition coefficient (Wildman–Crippen LogP) is 2.01. The van der Waals surface area contributed by atoms with Crippen molar-refractivity contribution in [2.75, 3.05) is 5.73 Å². The summed E-state index contributed by atoms with van der Waals surface area (Å²) < 4.78 is 1.81. The lowest BCUT2D eigenvalue weighted by Gasteiger charge is -2.39. The second kappa shape index (κ2) is 4.43. The predicted molar refractivity (Wildman–Crippen MR) is 68.8 cm³/mol. The highest BCUT2D eigenvalue weighted by molar-refractivity contribution is 5.94. The summed E-state index contributed by atoms with van der Waals surface area (Å²) in [7, 11) is 1.86. The van der Waals surface area contributed by atoms with Gasteiger partial charge in [-0.05, 0) is 39.2 Å². The van der Waals surface area contributed by atoms with Gasteiger partial charge in [0.2, 0.25) is 0 Å². The molecule has 0 bridgehead atoms. The number of carbonyl (C=O) groups excluding carboxylic acids is 1. The number of piperidine rings is 1. The summed E-state index contributed by atoms with van der Waals surface area (Å²) in [5.41, 5.74) is 7.05. The van der Waals surface area contributed by atoms with Crippen LogP contribution in [0.5, 0.6) is 0 Å². The minimum absolute atomic E-state index is 0.101. The van der Waals surface area contributed by atoms with Gasteiger partial charge in [-0.3, -0.25) is 4.79 Å². The number of likely N-dealkylation sites (tertiary alicyclic amines) is 1. The Balaban J connectivity index is 2.27. The minimum Gasteiger partial charge on any atom is -0.397 e. The molecule has 4 heteroatoms. The van der Waals surface area contributed by atoms with E-state index in [-0.39, 0.29) is 5.91 Å². The molecular weight excluding hydrogens is 214 g/mol. The third kappa shape index (κ3) is 2.16. The van der Waals surface area contributed by atoms with Crippen molar-refractivity contribution < 1.29 is 4.79 Å². The third-order valence-corrected chi connectivity index (χ3v) is 3.67. The van der Waals surface area contributed by atoms with Crippen LogP contribution in [0.2, 0.25) is 0 Å². The summed E-state index contributed by atoms with van der Waals surface area (Å²) in [4.78, 5) is 14.5. The Labute approximate surface area is 102 Å². The second-order valence-corrected chi connectivity index (χ2v) is 5.11. The largest absolute Gasteiger partial charge is 0.397 e. The van der Waals surface area contributed by atoms with Crippen LogP contribution in [0.1, 0.15) is 43.6 Å². The maximum Gasteiger partial charge on any atom is 0.271 e. The number of aryl methyl sites for hydroxylation is 1. The average molecular weight is 235 g/mol. The Kier molecular flexibility index (Phi) is 3.13. The molecule has 4 nitrogen and oxygen atoms in total. The molecule has 2 atom stereocenters. The molecule has 0 radical (unpaired) electrons. The molecule has 2 heterocycles. The lowest BCUT2D eigenvalue weighted by atomic mass is 9.97. The molecule has 2 N–H and O–H groups in total. The molecule has 94 valence electrons. The smallest absolute Gasteiger partial charge is 0.271 e. The monoisotopic (exact) mass is 235 g/mol. The van der Waals surface area contributed by atoms with Crippen molar-refractivity contribution in [3.05, 3.63) is 18.0 Å². The van der Waals surface area contributed by atoms with Crippen molar-refractivity contribution >= 4 is 11.6 Å². The number of hydrogen-bond donors (Lipinski definition) is 1. The lowest BCUT2D eigenvalue weighted by Crippen LogP contribution is -2.47. The number of nitrogen functional groups attached to an aromatic ring is 1. The molecule has 1 aromatic heterocycles. The normalized spacial score (nSPS) is 25.0. The minimum atomic E-state index is 0.101. The number of rotatable bonds is 1. The maximum atomic E-state index is 12.5. The molecule has 0 saturated carbocycles. The topological polar surface area (TPSA) is 51.3 Å². The summed E-state index contributed by atoms with van der Waals surface area (Å²) in [5.74, 6) is 0.101. The molecule has 0 spiro atoms. The fourth-order valence-corrected chi connectivity index (χ4v) is 2.76. The number of nitrogens with zero attached hydrogens (tertiary/aromatic N) is 2. The maximum absolute atomic E-state index is 12.5. The van der Waals surface area contributed by atoms with Crippen molar-refractivity contribution in [1.29, 1.82) is 0 Å². The van der Waals surface area contributed by atoms with Crippen LogP contribution in [0.25, 0.3) is 0 Å². The van der Waals surface area contributed by atoms with Crippen LogP contribution < -0.4 is 5.73 Å². The molecule has 2 rings (SSSR count). The van der Waals surface area contributed by atoms with Gasteiger partial charge in [-0.1, -0.05) is 0 Å². The first-order valence-electron chi connectivity index (χ1n) is 6.25. The van der Waals surface area contributed by atoms with Gasteiger partial charge >= 0.3 is 0 Å². The van der Waals surface area contributed by atoms with Crippen LogP contribution in [0, 0.1) is 0 Å². The number of nitrogens with two attached hydrogens (primary N) is 1. The Morgan fingerprint density at radius 2 is 1.94 bits per heavy atom. The summed E-state index contributed by atoms with van der Waals surface area (Å²) in [5, 5.41) is 0. The van der Waals surface area contributed by atoms with Crippen LogP contribution >= 0.6 is 0 Å². The number of anilines is 1. The van der Waals surface area contributed by atoms with Crippen LogP contribution in [-0.2, 0) is 7.05 Å². The molecule has 1 aliphatic heterocycles. The van der Waals surface area contributed by atoms with E-state index in [0.717, 1.165) is 12.8 Å². The van der Waals surface area contributed by atoms with Gasteiger partial charge in [0.15, 0.2) is 0 Å². The Morgan fingerprint density at radius 1 is 1.35 bits per heavy atom. The van der Waals surface area contributed by atoms with Gasteiger partial charge in [0.25, 0.3) is 5.91 Å². The first-order chi connectivity index (χ1) is 8.00. The molecule has 1 fully saturated rings. The SMILES string of the molecule is C[C@@H]1CCC[C@H](C)N1C(=O)c1cc(N)cn1C. The van der Waals surface area contributed by atoms with Gasteiger partial charge in [0, 0.05) is 25.3 Å². The van der Waals surface area contributed by atoms with E-state index >= 15 is 0 Å². The number of carbonyl (C=O) groups is 1. The second-order valence-electron chi connectivity index (χ2n) is 5.11. The van der Waals surface area contributed by atoms with E-state index in [0.29, 0.717) is 23.5 Å². The fourth-order valence-electron chi connectivity index (χ4n) is 2.76. The zero-order valence-electron chi connectivity index (χ0n) is 10.8. The van der Waals surface area contributed by atoms with Crippen LogP contribution in [-0.4, -0.2) is 27.5 Å². The Morgan fingerprint density at radius 3 is 2.41 bits per heavy atom. The van der Waals surface area contributed by atoms with E-state index in [9.17, 15) is 4.79 Å². The molecule has 0 aliphatic carbocycles. The van der Waals surface area contributed by atoms with E-state index in [1.165, 1.54) is 6.42 Å². The molecule has 1 amide bonds. The molecule has 0 unspecified atom stereocenters. The Bertz CT molecular complexity index is 414. The standard InChI is InChI=1S/C13H21N3O/c1-9-5-4-6-10(2)16(9)13(17)12-7-11(14)8-15(12)3/h7-10H,4-6,14H2,1-3H3/t9-,10+. The molecule has 1 aliphatic rings. The van der Waals surface area contributed by atoms with Crippen LogP contribution in [0.15, 0.2) is 12.3 Å². The highest BCUT2D eigenvalue weighted by Gasteiger charge is 2.30. The average Bonchev–Trinajstić information content (AvgIpc) is 2.57. The Hall–Kier alpha value is -1.45. The number of aromatic nitrogens is 1. The summed E-state index contributed by atoms with van der Waals surface area (Å²) in [6, 6.07) is 2.40. The quantitative estimate of drug-likeness (QED) is 0.809. The molecule has 17 heavy (non-hydrogen) atoms. The highest BCUT2D eigenvalue weighted by atomic mass is 16.2. The molecule has 0 aromatic carbocycles. The third-order valence-electron chi connectivity index (χ3n) is 3.67. The van der Waals surface area contributed by atoms with Gasteiger partial charge in [-0.2, -0.15) is 0 Å². The lowest BCUT2D eigenvalue weighted by molar-refractivity contribution is 0.0501. The van der Waals surface area contributed by atoms with Gasteiger partial charge in [-0.15, -0.1) is 0 Å². The summed E-state index contributed by atoms with van der Waals surface area (Å²) >= 11 is 0. The van der Waals surface area contributed by atoms with Crippen LogP contribution in [0.4, 0.5) is 5.69 Å². The summed E-state index contributed by atoms with van der Waals surface area (Å²) in [6.45, 7) is 4.25. The summed E-state index contributed by atoms with van der Waals surface area (Å²) in [6.07, 6.45) is 5.18. The van der Waals surface area contributed by atoms with Crippen molar-refractivity contribution in [3.63, 3.8) is 0 Å².